The Hall–Kier alpha value is -3.97. The van der Waals surface area contributed by atoms with Gasteiger partial charge in [-0.05, 0) is 31.2 Å². The number of rotatable bonds is 4. The zero-order chi connectivity index (χ0) is 22.8. The van der Waals surface area contributed by atoms with E-state index in [0.717, 1.165) is 24.1 Å². The van der Waals surface area contributed by atoms with E-state index in [4.69, 9.17) is 0 Å². The maximum absolute atomic E-state index is 13.8. The Morgan fingerprint density at radius 2 is 1.76 bits per heavy atom. The van der Waals surface area contributed by atoms with E-state index in [1.165, 1.54) is 0 Å². The number of benzene rings is 2. The second-order valence-corrected chi connectivity index (χ2v) is 8.46. The van der Waals surface area contributed by atoms with Crippen molar-refractivity contribution in [1.29, 1.82) is 0 Å². The summed E-state index contributed by atoms with van der Waals surface area (Å²) < 4.78 is 1.66. The largest absolute Gasteiger partial charge is 0.429 e. The van der Waals surface area contributed by atoms with E-state index >= 15 is 0 Å². The fraction of sp³-hybridized carbons (Fsp3) is 0.192. The van der Waals surface area contributed by atoms with Crippen molar-refractivity contribution in [3.05, 3.63) is 90.9 Å². The lowest BCUT2D eigenvalue weighted by molar-refractivity contribution is -0.775. The number of likely N-dealkylation sites (tertiary alicyclic amines) is 1. The molecule has 1 fully saturated rings. The number of H-pyrrole nitrogens is 1. The lowest BCUT2D eigenvalue weighted by Gasteiger charge is -2.32. The van der Waals surface area contributed by atoms with Crippen LogP contribution in [-0.4, -0.2) is 43.8 Å². The number of carbonyl (C=O) groups excluding carboxylic acids is 2. The molecule has 0 aliphatic carbocycles. The number of carbonyl (C=O) groups is 2. The van der Waals surface area contributed by atoms with Gasteiger partial charge in [-0.3, -0.25) is 10.4 Å². The zero-order valence-electron chi connectivity index (χ0n) is 18.4. The molecular weight excluding hydrogens is 414 g/mol. The minimum atomic E-state index is -0.319. The number of urea groups is 1. The van der Waals surface area contributed by atoms with Gasteiger partial charge < -0.3 is 4.57 Å². The molecule has 2 atom stereocenters. The van der Waals surface area contributed by atoms with Crippen LogP contribution in [0.3, 0.4) is 0 Å². The first-order valence-electron chi connectivity index (χ1n) is 11.2. The summed E-state index contributed by atoms with van der Waals surface area (Å²) >= 11 is 0. The number of quaternary nitrogens is 1. The lowest BCUT2D eigenvalue weighted by Crippen LogP contribution is -2.60. The molecule has 0 radical (unpaired) electrons. The fourth-order valence-corrected chi connectivity index (χ4v) is 4.69. The Labute approximate surface area is 192 Å². The normalized spacial score (nSPS) is 20.0. The molecule has 0 spiro atoms. The third-order valence-corrected chi connectivity index (χ3v) is 6.52. The molecule has 3 heterocycles. The first-order chi connectivity index (χ1) is 16.1. The highest BCUT2D eigenvalue weighted by Gasteiger charge is 2.53. The lowest BCUT2D eigenvalue weighted by atomic mass is 10.1. The number of para-hydroxylation sites is 2. The minimum absolute atomic E-state index is 0.139. The molecule has 4 aromatic rings. The first kappa shape index (κ1) is 20.9. The highest BCUT2D eigenvalue weighted by Crippen LogP contribution is 2.32. The maximum Gasteiger partial charge on any atom is 0.429 e. The minimum Gasteiger partial charge on any atom is -0.322 e. The Kier molecular flexibility index (Phi) is 5.40. The number of aromatic amines is 1. The summed E-state index contributed by atoms with van der Waals surface area (Å²) in [5.74, 6) is -0.259. The van der Waals surface area contributed by atoms with E-state index < -0.39 is 0 Å². The van der Waals surface area contributed by atoms with E-state index in [1.54, 1.807) is 6.07 Å². The van der Waals surface area contributed by atoms with Crippen molar-refractivity contribution in [1.82, 2.24) is 14.8 Å². The first-order valence-corrected chi connectivity index (χ1v) is 11.2. The highest BCUT2D eigenvalue weighted by molar-refractivity contribution is 6.00. The predicted molar refractivity (Wildman–Crippen MR) is 127 cm³/mol. The van der Waals surface area contributed by atoms with Gasteiger partial charge >= 0.3 is 11.9 Å². The second-order valence-electron chi connectivity index (χ2n) is 8.46. The molecule has 7 heteroatoms. The average Bonchev–Trinajstić information content (AvgIpc) is 3.61. The van der Waals surface area contributed by atoms with Crippen LogP contribution < -0.4 is 5.32 Å². The number of hydrogen-bond acceptors (Lipinski definition) is 3. The average molecular weight is 441 g/mol. The van der Waals surface area contributed by atoms with Gasteiger partial charge in [-0.25, -0.2) is 9.59 Å². The van der Waals surface area contributed by atoms with E-state index in [9.17, 15) is 9.59 Å². The summed E-state index contributed by atoms with van der Waals surface area (Å²) in [5.41, 5.74) is 3.46. The standard InChI is InChI=1S/C26H25N5O2/c1-19-10-9-17-31(19,25(32)23-18-22(28-29-23)20-11-3-2-4-12-20)26(33)27-21-13-5-6-14-24(21)30-15-7-8-16-30/h2-8,11-16,18-19H,9-10,17H2,1H3,(H-,27,28,29,32,33)/p+1/t19-,31?/m1/s1. The number of nitrogens with zero attached hydrogens (tertiary/aromatic N) is 3. The Balaban J connectivity index is 1.48. The molecular formula is C26H26N5O2+. The molecule has 7 nitrogen and oxygen atoms in total. The number of imide groups is 1. The van der Waals surface area contributed by atoms with Crippen molar-refractivity contribution in [3.63, 3.8) is 0 Å². The summed E-state index contributed by atoms with van der Waals surface area (Å²) in [6.07, 6.45) is 5.46. The van der Waals surface area contributed by atoms with E-state index in [2.05, 4.69) is 15.5 Å². The number of nitrogens with one attached hydrogen (secondary N) is 2. The van der Waals surface area contributed by atoms with Crippen LogP contribution in [0.15, 0.2) is 85.2 Å². The van der Waals surface area contributed by atoms with E-state index in [0.29, 0.717) is 23.6 Å². The molecule has 3 amide bonds. The van der Waals surface area contributed by atoms with Gasteiger partial charge in [0, 0.05) is 36.9 Å². The van der Waals surface area contributed by atoms with Gasteiger partial charge in [-0.2, -0.15) is 9.58 Å². The summed E-state index contributed by atoms with van der Waals surface area (Å²) in [6.45, 7) is 2.42. The van der Waals surface area contributed by atoms with E-state index in [-0.39, 0.29) is 22.5 Å². The Morgan fingerprint density at radius 3 is 2.48 bits per heavy atom. The SMILES string of the molecule is C[C@@H]1CCC[N+]1(C(=O)Nc1ccccc1-n1cccc1)C(=O)c1cc(-c2ccccc2)n[nH]1. The van der Waals surface area contributed by atoms with Gasteiger partial charge in [0.15, 0.2) is 5.69 Å². The third kappa shape index (κ3) is 3.66. The molecule has 1 aliphatic heterocycles. The van der Waals surface area contributed by atoms with Crippen molar-refractivity contribution in [2.24, 2.45) is 0 Å². The van der Waals surface area contributed by atoms with Gasteiger partial charge in [0.05, 0.1) is 23.6 Å². The van der Waals surface area contributed by atoms with Crippen molar-refractivity contribution in [2.75, 3.05) is 11.9 Å². The van der Waals surface area contributed by atoms with Crippen molar-refractivity contribution in [2.45, 2.75) is 25.8 Å². The highest BCUT2D eigenvalue weighted by atomic mass is 16.2. The van der Waals surface area contributed by atoms with Crippen LogP contribution in [0, 0.1) is 0 Å². The van der Waals surface area contributed by atoms with E-state index in [1.807, 2.05) is 90.6 Å². The molecule has 1 unspecified atom stereocenters. The van der Waals surface area contributed by atoms with Crippen molar-refractivity contribution < 1.29 is 14.1 Å². The number of hydrogen-bond donors (Lipinski definition) is 2. The molecule has 1 aliphatic rings. The molecule has 2 aromatic carbocycles. The maximum atomic E-state index is 13.8. The Morgan fingerprint density at radius 1 is 1.03 bits per heavy atom. The molecule has 33 heavy (non-hydrogen) atoms. The number of anilines is 1. The van der Waals surface area contributed by atoms with Crippen LogP contribution in [0.4, 0.5) is 10.5 Å². The summed E-state index contributed by atoms with van der Waals surface area (Å²) in [4.78, 5) is 27.6. The van der Waals surface area contributed by atoms with Crippen LogP contribution in [0.1, 0.15) is 30.3 Å². The quantitative estimate of drug-likeness (QED) is 0.426. The van der Waals surface area contributed by atoms with Crippen LogP contribution in [-0.2, 0) is 0 Å². The molecule has 2 N–H and O–H groups in total. The molecule has 5 rings (SSSR count). The third-order valence-electron chi connectivity index (χ3n) is 6.52. The number of aromatic nitrogens is 3. The fourth-order valence-electron chi connectivity index (χ4n) is 4.69. The topological polar surface area (TPSA) is 79.8 Å². The summed E-state index contributed by atoms with van der Waals surface area (Å²) in [7, 11) is 0. The molecule has 2 aromatic heterocycles. The van der Waals surface area contributed by atoms with Crippen LogP contribution in [0.25, 0.3) is 16.9 Å². The van der Waals surface area contributed by atoms with Crippen molar-refractivity contribution in [3.8, 4) is 16.9 Å². The van der Waals surface area contributed by atoms with Gasteiger partial charge in [-0.1, -0.05) is 42.5 Å². The monoisotopic (exact) mass is 440 g/mol. The van der Waals surface area contributed by atoms with Gasteiger partial charge in [-0.15, -0.1) is 0 Å². The van der Waals surface area contributed by atoms with Gasteiger partial charge in [0.2, 0.25) is 0 Å². The molecule has 1 saturated heterocycles. The molecule has 0 saturated carbocycles. The Bertz CT molecular complexity index is 1280. The van der Waals surface area contributed by atoms with Crippen LogP contribution in [0.5, 0.6) is 0 Å². The summed E-state index contributed by atoms with van der Waals surface area (Å²) in [5, 5.41) is 10.3. The summed E-state index contributed by atoms with van der Waals surface area (Å²) in [6, 6.07) is 22.4. The molecule has 166 valence electrons. The van der Waals surface area contributed by atoms with Crippen molar-refractivity contribution >= 4 is 17.6 Å². The van der Waals surface area contributed by atoms with Gasteiger partial charge in [0.25, 0.3) is 0 Å². The van der Waals surface area contributed by atoms with Gasteiger partial charge in [0.1, 0.15) is 6.04 Å². The predicted octanol–water partition coefficient (Wildman–Crippen LogP) is 5.24. The molecule has 0 bridgehead atoms. The second kappa shape index (κ2) is 8.52. The zero-order valence-corrected chi connectivity index (χ0v) is 18.4. The van der Waals surface area contributed by atoms with Crippen LogP contribution >= 0.6 is 0 Å². The smallest absolute Gasteiger partial charge is 0.322 e. The number of amides is 3. The van der Waals surface area contributed by atoms with Crippen LogP contribution in [0.2, 0.25) is 0 Å².